The number of carbonyl (C=O) groups excluding carboxylic acids is 2. The minimum absolute atomic E-state index is 0.0352. The van der Waals surface area contributed by atoms with Crippen molar-refractivity contribution in [3.63, 3.8) is 0 Å². The minimum atomic E-state index is -0.663. The Balaban J connectivity index is 1.51. The van der Waals surface area contributed by atoms with Gasteiger partial charge in [-0.25, -0.2) is 0 Å². The molecule has 3 fully saturated rings. The fraction of sp³-hybridized carbons (Fsp3) is 0.500. The van der Waals surface area contributed by atoms with Gasteiger partial charge in [0.15, 0.2) is 0 Å². The standard InChI is InChI=1S/C28H30Cl2O5/c1-13-10-16(33-18-7-6-15(29)12-17(18)30)11-14(2)21(13)24-25(31)22-19-8-9-20(34-19)23(22)26(24)35-27(32)28(3,4)5/h6-7,10-12,19-20,22-24,26H,8-9H2,1-5H3. The van der Waals surface area contributed by atoms with Gasteiger partial charge >= 0.3 is 5.97 Å². The van der Waals surface area contributed by atoms with Crippen molar-refractivity contribution in [3.05, 3.63) is 57.1 Å². The molecule has 35 heavy (non-hydrogen) atoms. The van der Waals surface area contributed by atoms with Gasteiger partial charge in [0, 0.05) is 10.9 Å². The second kappa shape index (κ2) is 8.79. The third-order valence-electron chi connectivity index (χ3n) is 7.53. The molecular formula is C28H30Cl2O5. The average Bonchev–Trinajstić information content (AvgIpc) is 3.44. The summed E-state index contributed by atoms with van der Waals surface area (Å²) in [6, 6.07) is 8.89. The van der Waals surface area contributed by atoms with Crippen molar-refractivity contribution in [2.45, 2.75) is 71.7 Å². The van der Waals surface area contributed by atoms with Gasteiger partial charge in [0.2, 0.25) is 0 Å². The van der Waals surface area contributed by atoms with Crippen LogP contribution in [-0.2, 0) is 19.1 Å². The largest absolute Gasteiger partial charge is 0.460 e. The van der Waals surface area contributed by atoms with Crippen LogP contribution in [-0.4, -0.2) is 30.1 Å². The average molecular weight is 517 g/mol. The number of Topliss-reactive ketones (excluding diaryl/α,β-unsaturated/α-hetero) is 1. The Morgan fingerprint density at radius 1 is 1.03 bits per heavy atom. The van der Waals surface area contributed by atoms with Crippen LogP contribution in [0.3, 0.4) is 0 Å². The van der Waals surface area contributed by atoms with Crippen LogP contribution >= 0.6 is 23.2 Å². The van der Waals surface area contributed by atoms with Crippen LogP contribution in [0.25, 0.3) is 0 Å². The monoisotopic (exact) mass is 516 g/mol. The molecule has 3 aliphatic rings. The van der Waals surface area contributed by atoms with E-state index in [1.807, 2.05) is 46.8 Å². The molecule has 2 aliphatic heterocycles. The zero-order valence-electron chi connectivity index (χ0n) is 20.6. The first-order chi connectivity index (χ1) is 16.5. The van der Waals surface area contributed by atoms with Crippen LogP contribution in [0.2, 0.25) is 10.0 Å². The molecule has 2 bridgehead atoms. The number of halogens is 2. The zero-order valence-corrected chi connectivity index (χ0v) is 22.1. The summed E-state index contributed by atoms with van der Waals surface area (Å²) in [6.45, 7) is 9.43. The first-order valence-corrected chi connectivity index (χ1v) is 12.9. The molecule has 5 nitrogen and oxygen atoms in total. The van der Waals surface area contributed by atoms with E-state index in [1.165, 1.54) is 0 Å². The molecule has 186 valence electrons. The number of esters is 1. The summed E-state index contributed by atoms with van der Waals surface area (Å²) in [5, 5.41) is 0.949. The highest BCUT2D eigenvalue weighted by Gasteiger charge is 2.64. The molecule has 6 unspecified atom stereocenters. The molecule has 0 N–H and O–H groups in total. The Bertz CT molecular complexity index is 1180. The van der Waals surface area contributed by atoms with Crippen molar-refractivity contribution in [2.24, 2.45) is 17.3 Å². The van der Waals surface area contributed by atoms with Crippen LogP contribution < -0.4 is 4.74 Å². The first kappa shape index (κ1) is 24.6. The maximum atomic E-state index is 13.8. The van der Waals surface area contributed by atoms with Crippen LogP contribution in [0.1, 0.15) is 56.2 Å². The van der Waals surface area contributed by atoms with E-state index in [9.17, 15) is 9.59 Å². The number of rotatable bonds is 4. The van der Waals surface area contributed by atoms with E-state index in [0.29, 0.717) is 21.5 Å². The van der Waals surface area contributed by atoms with Gasteiger partial charge in [0.1, 0.15) is 23.4 Å². The number of benzene rings is 2. The molecule has 0 radical (unpaired) electrons. The number of hydrogen-bond donors (Lipinski definition) is 0. The summed E-state index contributed by atoms with van der Waals surface area (Å²) in [4.78, 5) is 26.8. The predicted octanol–water partition coefficient (Wildman–Crippen LogP) is 6.82. The van der Waals surface area contributed by atoms with E-state index in [-0.39, 0.29) is 35.8 Å². The molecule has 1 saturated carbocycles. The van der Waals surface area contributed by atoms with Crippen LogP contribution in [0.4, 0.5) is 0 Å². The third kappa shape index (κ3) is 4.26. The molecule has 0 spiro atoms. The van der Waals surface area contributed by atoms with E-state index in [2.05, 4.69) is 0 Å². The number of ether oxygens (including phenoxy) is 3. The Hall–Kier alpha value is -2.08. The van der Waals surface area contributed by atoms with Crippen LogP contribution in [0.5, 0.6) is 11.5 Å². The molecule has 2 aromatic carbocycles. The molecule has 5 rings (SSSR count). The molecule has 2 heterocycles. The van der Waals surface area contributed by atoms with Crippen molar-refractivity contribution in [1.82, 2.24) is 0 Å². The third-order valence-corrected chi connectivity index (χ3v) is 8.06. The second-order valence-electron chi connectivity index (χ2n) is 11.0. The molecule has 2 saturated heterocycles. The van der Waals surface area contributed by atoms with Gasteiger partial charge in [-0.2, -0.15) is 0 Å². The number of aryl methyl sites for hydroxylation is 2. The highest BCUT2D eigenvalue weighted by molar-refractivity contribution is 6.35. The van der Waals surface area contributed by atoms with E-state index in [1.54, 1.807) is 18.2 Å². The summed E-state index contributed by atoms with van der Waals surface area (Å²) in [6.07, 6.45) is 1.14. The lowest BCUT2D eigenvalue weighted by atomic mass is 9.80. The smallest absolute Gasteiger partial charge is 0.311 e. The lowest BCUT2D eigenvalue weighted by Crippen LogP contribution is -2.38. The Morgan fingerprint density at radius 2 is 1.69 bits per heavy atom. The van der Waals surface area contributed by atoms with Gasteiger partial charge in [-0.3, -0.25) is 9.59 Å². The molecule has 6 atom stereocenters. The lowest BCUT2D eigenvalue weighted by molar-refractivity contribution is -0.162. The lowest BCUT2D eigenvalue weighted by Gasteiger charge is -2.31. The predicted molar refractivity (Wildman–Crippen MR) is 134 cm³/mol. The minimum Gasteiger partial charge on any atom is -0.460 e. The molecular weight excluding hydrogens is 487 g/mol. The van der Waals surface area contributed by atoms with Gasteiger partial charge in [-0.15, -0.1) is 0 Å². The van der Waals surface area contributed by atoms with Crippen molar-refractivity contribution in [2.75, 3.05) is 0 Å². The van der Waals surface area contributed by atoms with E-state index < -0.39 is 17.4 Å². The van der Waals surface area contributed by atoms with Crippen molar-refractivity contribution < 1.29 is 23.8 Å². The van der Waals surface area contributed by atoms with Crippen LogP contribution in [0.15, 0.2) is 30.3 Å². The highest BCUT2D eigenvalue weighted by Crippen LogP contribution is 2.56. The topological polar surface area (TPSA) is 61.8 Å². The number of hydrogen-bond acceptors (Lipinski definition) is 5. The molecule has 7 heteroatoms. The first-order valence-electron chi connectivity index (χ1n) is 12.1. The van der Waals surface area contributed by atoms with E-state index in [4.69, 9.17) is 37.4 Å². The van der Waals surface area contributed by atoms with E-state index >= 15 is 0 Å². The Morgan fingerprint density at radius 3 is 2.31 bits per heavy atom. The summed E-state index contributed by atoms with van der Waals surface area (Å²) in [7, 11) is 0. The van der Waals surface area contributed by atoms with Crippen molar-refractivity contribution in [1.29, 1.82) is 0 Å². The second-order valence-corrected chi connectivity index (χ2v) is 11.9. The van der Waals surface area contributed by atoms with E-state index in [0.717, 1.165) is 29.5 Å². The molecule has 0 aromatic heterocycles. The molecule has 1 aliphatic carbocycles. The van der Waals surface area contributed by atoms with Crippen LogP contribution in [0, 0.1) is 31.1 Å². The number of fused-ring (bicyclic) bond motifs is 5. The fourth-order valence-electron chi connectivity index (χ4n) is 6.02. The van der Waals surface area contributed by atoms with Gasteiger partial charge in [0.25, 0.3) is 0 Å². The van der Waals surface area contributed by atoms with Gasteiger partial charge in [0.05, 0.1) is 34.5 Å². The van der Waals surface area contributed by atoms with Crippen molar-refractivity contribution >= 4 is 35.0 Å². The summed E-state index contributed by atoms with van der Waals surface area (Å²) < 4.78 is 18.3. The van der Waals surface area contributed by atoms with Crippen molar-refractivity contribution in [3.8, 4) is 11.5 Å². The Labute approximate surface area is 216 Å². The van der Waals surface area contributed by atoms with Gasteiger partial charge in [-0.05, 0) is 94.5 Å². The number of ketones is 1. The summed E-state index contributed by atoms with van der Waals surface area (Å²) in [5.41, 5.74) is 2.07. The normalized spacial score (nSPS) is 29.4. The SMILES string of the molecule is Cc1cc(Oc2ccc(Cl)cc2Cl)cc(C)c1C1C(=O)C2C3CCC(O3)C2C1OC(=O)C(C)(C)C. The Kier molecular flexibility index (Phi) is 6.18. The molecule has 2 aromatic rings. The fourth-order valence-corrected chi connectivity index (χ4v) is 6.47. The maximum Gasteiger partial charge on any atom is 0.311 e. The molecule has 0 amide bonds. The maximum absolute atomic E-state index is 13.8. The number of carbonyl (C=O) groups is 2. The quantitative estimate of drug-likeness (QED) is 0.417. The van der Waals surface area contributed by atoms with Gasteiger partial charge < -0.3 is 14.2 Å². The van der Waals surface area contributed by atoms with Gasteiger partial charge in [-0.1, -0.05) is 23.2 Å². The highest BCUT2D eigenvalue weighted by atomic mass is 35.5. The summed E-state index contributed by atoms with van der Waals surface area (Å²) >= 11 is 12.3. The summed E-state index contributed by atoms with van der Waals surface area (Å²) in [5.74, 6) is 0.103. The zero-order chi connectivity index (χ0) is 25.2.